The molecule has 1 rings (SSSR count). The van der Waals surface area contributed by atoms with Gasteiger partial charge in [-0.2, -0.15) is 5.26 Å². The van der Waals surface area contributed by atoms with E-state index in [0.717, 1.165) is 12.2 Å². The third-order valence-corrected chi connectivity index (χ3v) is 1.83. The lowest BCUT2D eigenvalue weighted by Crippen LogP contribution is -2.02. The number of hydrogen-bond donors (Lipinski definition) is 2. The zero-order chi connectivity index (χ0) is 10.4. The minimum Gasteiger partial charge on any atom is -0.397 e. The average molecular weight is 187 g/mol. The molecule has 0 atom stereocenters. The maximum atomic E-state index is 8.69. The number of rotatable bonds is 3. The van der Waals surface area contributed by atoms with Gasteiger partial charge in [0.15, 0.2) is 0 Å². The van der Waals surface area contributed by atoms with E-state index in [-0.39, 0.29) is 0 Å². The molecule has 0 heterocycles. The molecule has 0 aliphatic rings. The molecule has 0 aliphatic heterocycles. The minimum absolute atomic E-state index is 0.613. The summed E-state index contributed by atoms with van der Waals surface area (Å²) in [7, 11) is 0. The summed E-state index contributed by atoms with van der Waals surface area (Å²) < 4.78 is 0. The van der Waals surface area contributed by atoms with Crippen LogP contribution in [-0.4, -0.2) is 6.54 Å². The van der Waals surface area contributed by atoms with Crippen molar-refractivity contribution in [1.82, 2.24) is 0 Å². The second-order valence-electron chi connectivity index (χ2n) is 2.86. The molecule has 14 heavy (non-hydrogen) atoms. The summed E-state index contributed by atoms with van der Waals surface area (Å²) in [6.45, 7) is 2.67. The third-order valence-electron chi connectivity index (χ3n) is 1.83. The normalized spacial score (nSPS) is 10.0. The molecule has 0 saturated heterocycles. The van der Waals surface area contributed by atoms with E-state index in [1.807, 2.05) is 19.1 Å². The monoisotopic (exact) mass is 187 g/mol. The maximum Gasteiger partial charge on any atom is 0.0992 e. The first kappa shape index (κ1) is 10.1. The van der Waals surface area contributed by atoms with Gasteiger partial charge < -0.3 is 11.1 Å². The van der Waals surface area contributed by atoms with Gasteiger partial charge in [-0.15, -0.1) is 0 Å². The number of hydrogen-bond acceptors (Lipinski definition) is 3. The Morgan fingerprint density at radius 1 is 1.57 bits per heavy atom. The Balaban J connectivity index is 2.80. The van der Waals surface area contributed by atoms with E-state index in [4.69, 9.17) is 11.0 Å². The van der Waals surface area contributed by atoms with Crippen LogP contribution < -0.4 is 11.1 Å². The van der Waals surface area contributed by atoms with Gasteiger partial charge in [0.2, 0.25) is 0 Å². The highest BCUT2D eigenvalue weighted by Crippen LogP contribution is 2.19. The van der Waals surface area contributed by atoms with Crippen molar-refractivity contribution in [3.63, 3.8) is 0 Å². The number of nitrogens with two attached hydrogens (primary N) is 1. The zero-order valence-corrected chi connectivity index (χ0v) is 8.12. The quantitative estimate of drug-likeness (QED) is 0.563. The molecule has 72 valence electrons. The zero-order valence-electron chi connectivity index (χ0n) is 8.12. The number of anilines is 2. The summed E-state index contributed by atoms with van der Waals surface area (Å²) in [5.74, 6) is 0. The van der Waals surface area contributed by atoms with E-state index >= 15 is 0 Å². The summed E-state index contributed by atoms with van der Waals surface area (Å²) in [6, 6.07) is 7.26. The maximum absolute atomic E-state index is 8.69. The minimum atomic E-state index is 0.613. The molecule has 1 aromatic rings. The Morgan fingerprint density at radius 3 is 3.00 bits per heavy atom. The molecule has 0 fully saturated rings. The predicted molar refractivity (Wildman–Crippen MR) is 58.9 cm³/mol. The van der Waals surface area contributed by atoms with Crippen LogP contribution in [0.3, 0.4) is 0 Å². The van der Waals surface area contributed by atoms with Crippen LogP contribution in [0.15, 0.2) is 30.4 Å². The summed E-state index contributed by atoms with van der Waals surface area (Å²) in [4.78, 5) is 0. The Kier molecular flexibility index (Phi) is 3.57. The molecule has 0 aromatic heterocycles. The van der Waals surface area contributed by atoms with Crippen LogP contribution in [0.5, 0.6) is 0 Å². The van der Waals surface area contributed by atoms with Crippen molar-refractivity contribution >= 4 is 11.4 Å². The van der Waals surface area contributed by atoms with Crippen molar-refractivity contribution in [2.75, 3.05) is 17.6 Å². The standard InChI is InChI=1S/C11H13N3/c1-2-3-6-14-11-7-9(8-12)4-5-10(11)13/h2-5,7,14H,6,13H2,1H3/b3-2+. The van der Waals surface area contributed by atoms with Crippen LogP contribution in [0.1, 0.15) is 12.5 Å². The van der Waals surface area contributed by atoms with Crippen molar-refractivity contribution in [3.05, 3.63) is 35.9 Å². The Bertz CT molecular complexity index is 375. The molecule has 0 amide bonds. The van der Waals surface area contributed by atoms with Gasteiger partial charge in [0.1, 0.15) is 0 Å². The largest absolute Gasteiger partial charge is 0.397 e. The fourth-order valence-electron chi connectivity index (χ4n) is 1.07. The number of nitrogen functional groups attached to an aromatic ring is 1. The molecule has 0 aliphatic carbocycles. The second-order valence-corrected chi connectivity index (χ2v) is 2.86. The highest BCUT2D eigenvalue weighted by atomic mass is 14.9. The Hall–Kier alpha value is -1.95. The molecule has 0 unspecified atom stereocenters. The third kappa shape index (κ3) is 2.53. The Labute approximate surface area is 83.8 Å². The fourth-order valence-corrected chi connectivity index (χ4v) is 1.07. The topological polar surface area (TPSA) is 61.8 Å². The summed E-state index contributed by atoms with van der Waals surface area (Å²) in [5, 5.41) is 11.8. The highest BCUT2D eigenvalue weighted by Gasteiger charge is 1.98. The van der Waals surface area contributed by atoms with Crippen molar-refractivity contribution in [2.45, 2.75) is 6.92 Å². The summed E-state index contributed by atoms with van der Waals surface area (Å²) >= 11 is 0. The number of nitrogens with zero attached hydrogens (tertiary/aromatic N) is 1. The van der Waals surface area contributed by atoms with Crippen LogP contribution in [0, 0.1) is 11.3 Å². The number of nitriles is 1. The molecular weight excluding hydrogens is 174 g/mol. The average Bonchev–Trinajstić information content (AvgIpc) is 2.21. The first-order chi connectivity index (χ1) is 6.77. The van der Waals surface area contributed by atoms with E-state index in [0.29, 0.717) is 11.3 Å². The van der Waals surface area contributed by atoms with E-state index in [1.54, 1.807) is 18.2 Å². The van der Waals surface area contributed by atoms with Crippen molar-refractivity contribution < 1.29 is 0 Å². The first-order valence-electron chi connectivity index (χ1n) is 4.42. The van der Waals surface area contributed by atoms with E-state index in [1.165, 1.54) is 0 Å². The molecule has 3 heteroatoms. The molecule has 0 radical (unpaired) electrons. The highest BCUT2D eigenvalue weighted by molar-refractivity contribution is 5.68. The smallest absolute Gasteiger partial charge is 0.0992 e. The predicted octanol–water partition coefficient (Wildman–Crippen LogP) is 2.13. The van der Waals surface area contributed by atoms with E-state index < -0.39 is 0 Å². The van der Waals surface area contributed by atoms with Crippen molar-refractivity contribution in [3.8, 4) is 6.07 Å². The molecular formula is C11H13N3. The molecule has 3 nitrogen and oxygen atoms in total. The van der Waals surface area contributed by atoms with Gasteiger partial charge in [-0.05, 0) is 25.1 Å². The van der Waals surface area contributed by atoms with Gasteiger partial charge in [0.05, 0.1) is 23.0 Å². The van der Waals surface area contributed by atoms with Gasteiger partial charge in [-0.3, -0.25) is 0 Å². The Morgan fingerprint density at radius 2 is 2.36 bits per heavy atom. The van der Waals surface area contributed by atoms with Crippen LogP contribution in [-0.2, 0) is 0 Å². The van der Waals surface area contributed by atoms with Gasteiger partial charge in [-0.1, -0.05) is 12.2 Å². The molecule has 0 spiro atoms. The van der Waals surface area contributed by atoms with E-state index in [2.05, 4.69) is 11.4 Å². The molecule has 1 aromatic carbocycles. The fraction of sp³-hybridized carbons (Fsp3) is 0.182. The van der Waals surface area contributed by atoms with Crippen molar-refractivity contribution in [1.29, 1.82) is 5.26 Å². The van der Waals surface area contributed by atoms with Gasteiger partial charge in [-0.25, -0.2) is 0 Å². The van der Waals surface area contributed by atoms with Crippen molar-refractivity contribution in [2.24, 2.45) is 0 Å². The van der Waals surface area contributed by atoms with Crippen LogP contribution in [0.4, 0.5) is 11.4 Å². The number of allylic oxidation sites excluding steroid dienone is 1. The first-order valence-corrected chi connectivity index (χ1v) is 4.42. The number of benzene rings is 1. The molecule has 3 N–H and O–H groups in total. The second kappa shape index (κ2) is 4.93. The van der Waals surface area contributed by atoms with Crippen LogP contribution in [0.2, 0.25) is 0 Å². The molecule has 0 bridgehead atoms. The van der Waals surface area contributed by atoms with Gasteiger partial charge in [0.25, 0.3) is 0 Å². The van der Waals surface area contributed by atoms with Gasteiger partial charge >= 0.3 is 0 Å². The lowest BCUT2D eigenvalue weighted by Gasteiger charge is -2.06. The molecule has 0 saturated carbocycles. The number of nitrogens with one attached hydrogen (secondary N) is 1. The lowest BCUT2D eigenvalue weighted by molar-refractivity contribution is 1.32. The van der Waals surface area contributed by atoms with Gasteiger partial charge in [0, 0.05) is 6.54 Å². The van der Waals surface area contributed by atoms with E-state index in [9.17, 15) is 0 Å². The SMILES string of the molecule is C/C=C/CNc1cc(C#N)ccc1N. The van der Waals surface area contributed by atoms with Crippen LogP contribution >= 0.6 is 0 Å². The van der Waals surface area contributed by atoms with Crippen LogP contribution in [0.25, 0.3) is 0 Å². The summed E-state index contributed by atoms with van der Waals surface area (Å²) in [6.07, 6.45) is 3.94. The lowest BCUT2D eigenvalue weighted by atomic mass is 10.2. The summed E-state index contributed by atoms with van der Waals surface area (Å²) in [5.41, 5.74) is 7.81.